The molecule has 3 heterocycles. The van der Waals surface area contributed by atoms with E-state index in [9.17, 15) is 18.5 Å². The predicted molar refractivity (Wildman–Crippen MR) is 128 cm³/mol. The van der Waals surface area contributed by atoms with Crippen molar-refractivity contribution in [1.29, 1.82) is 5.26 Å². The molecule has 0 saturated carbocycles. The Bertz CT molecular complexity index is 1300. The highest BCUT2D eigenvalue weighted by Gasteiger charge is 2.29. The largest absolute Gasteiger partial charge is 0.354 e. The zero-order chi connectivity index (χ0) is 23.4. The summed E-state index contributed by atoms with van der Waals surface area (Å²) in [5, 5.41) is 11.0. The van der Waals surface area contributed by atoms with Crippen LogP contribution in [0.15, 0.2) is 58.9 Å². The van der Waals surface area contributed by atoms with Gasteiger partial charge in [-0.05, 0) is 49.1 Å². The molecule has 2 aromatic heterocycles. The van der Waals surface area contributed by atoms with Gasteiger partial charge in [0.15, 0.2) is 0 Å². The fourth-order valence-corrected chi connectivity index (χ4v) is 6.16. The molecule has 0 aliphatic carbocycles. The van der Waals surface area contributed by atoms with Crippen LogP contribution in [-0.4, -0.2) is 50.4 Å². The highest BCUT2D eigenvalue weighted by atomic mass is 32.2. The molecule has 1 aromatic carbocycles. The van der Waals surface area contributed by atoms with E-state index in [1.54, 1.807) is 40.7 Å². The Balaban J connectivity index is 1.51. The normalized spacial score (nSPS) is 14.4. The van der Waals surface area contributed by atoms with Gasteiger partial charge < -0.3 is 9.80 Å². The van der Waals surface area contributed by atoms with Crippen molar-refractivity contribution in [3.8, 4) is 6.07 Å². The van der Waals surface area contributed by atoms with Crippen molar-refractivity contribution in [1.82, 2.24) is 9.88 Å². The van der Waals surface area contributed by atoms with Gasteiger partial charge in [-0.25, -0.2) is 13.4 Å². The number of nitrogens with zero attached hydrogens (tertiary/aromatic N) is 4. The second kappa shape index (κ2) is 9.60. The van der Waals surface area contributed by atoms with Crippen molar-refractivity contribution in [2.24, 2.45) is 0 Å². The van der Waals surface area contributed by atoms with Crippen LogP contribution in [0.4, 0.5) is 11.5 Å². The van der Waals surface area contributed by atoms with Crippen molar-refractivity contribution in [2.75, 3.05) is 35.8 Å². The molecule has 1 aliphatic heterocycles. The van der Waals surface area contributed by atoms with Gasteiger partial charge >= 0.3 is 0 Å². The monoisotopic (exact) mass is 481 g/mol. The molecule has 0 unspecified atom stereocenters. The Labute approximate surface area is 197 Å². The number of nitrogens with one attached hydrogen (secondary N) is 1. The zero-order valence-electron chi connectivity index (χ0n) is 18.1. The average Bonchev–Trinajstić information content (AvgIpc) is 3.20. The molecule has 8 nitrogen and oxygen atoms in total. The summed E-state index contributed by atoms with van der Waals surface area (Å²) in [4.78, 5) is 21.5. The van der Waals surface area contributed by atoms with E-state index < -0.39 is 10.0 Å². The van der Waals surface area contributed by atoms with Crippen LogP contribution in [0.3, 0.4) is 0 Å². The predicted octanol–water partition coefficient (Wildman–Crippen LogP) is 3.48. The summed E-state index contributed by atoms with van der Waals surface area (Å²) in [6.07, 6.45) is 2.33. The minimum absolute atomic E-state index is 0.0179. The Morgan fingerprint density at radius 3 is 2.67 bits per heavy atom. The van der Waals surface area contributed by atoms with E-state index >= 15 is 0 Å². The third-order valence-electron chi connectivity index (χ3n) is 5.41. The van der Waals surface area contributed by atoms with Crippen LogP contribution in [0, 0.1) is 18.3 Å². The van der Waals surface area contributed by atoms with E-state index in [-0.39, 0.29) is 15.7 Å². The van der Waals surface area contributed by atoms with Crippen LogP contribution in [0.5, 0.6) is 0 Å². The van der Waals surface area contributed by atoms with E-state index in [0.29, 0.717) is 49.7 Å². The topological polar surface area (TPSA) is 106 Å². The maximum absolute atomic E-state index is 13.3. The number of rotatable bonds is 5. The minimum atomic E-state index is -3.91. The van der Waals surface area contributed by atoms with Crippen LogP contribution in [0.2, 0.25) is 0 Å². The van der Waals surface area contributed by atoms with E-state index in [1.807, 2.05) is 24.0 Å². The molecule has 1 aliphatic rings. The number of carbonyl (C=O) groups excluding carboxylic acids is 1. The van der Waals surface area contributed by atoms with Crippen LogP contribution >= 0.6 is 11.3 Å². The first-order valence-electron chi connectivity index (χ1n) is 10.5. The molecule has 33 heavy (non-hydrogen) atoms. The van der Waals surface area contributed by atoms with E-state index in [2.05, 4.69) is 15.8 Å². The molecule has 1 amide bonds. The number of sulfonamides is 1. The first-order chi connectivity index (χ1) is 15.9. The number of pyridine rings is 1. The molecule has 3 aromatic rings. The van der Waals surface area contributed by atoms with Gasteiger partial charge in [-0.3, -0.25) is 9.52 Å². The summed E-state index contributed by atoms with van der Waals surface area (Å²) in [6.45, 7) is 3.98. The molecule has 0 atom stereocenters. The molecule has 1 saturated heterocycles. The van der Waals surface area contributed by atoms with Crippen molar-refractivity contribution >= 4 is 38.8 Å². The second-order valence-electron chi connectivity index (χ2n) is 7.70. The molecular weight excluding hydrogens is 458 g/mol. The highest BCUT2D eigenvalue weighted by Crippen LogP contribution is 2.27. The average molecular weight is 482 g/mol. The smallest absolute Gasteiger partial charge is 0.265 e. The maximum Gasteiger partial charge on any atom is 0.265 e. The highest BCUT2D eigenvalue weighted by molar-refractivity contribution is 7.93. The molecule has 1 N–H and O–H groups in total. The Morgan fingerprint density at radius 1 is 1.12 bits per heavy atom. The molecule has 170 valence electrons. The van der Waals surface area contributed by atoms with Gasteiger partial charge in [0.05, 0.1) is 5.56 Å². The summed E-state index contributed by atoms with van der Waals surface area (Å²) >= 11 is 1.12. The number of nitriles is 1. The molecule has 0 radical (unpaired) electrons. The number of hydrogen-bond donors (Lipinski definition) is 1. The standard InChI is InChI=1S/C23H23N5O3S2/c1-17-5-7-19(8-6-17)26-33(30,31)20-9-15-32-21(20)23(29)28-12-3-11-27(13-14-28)22-18(16-24)4-2-10-25-22/h2,4-10,15,26H,3,11-14H2,1H3. The molecule has 0 bridgehead atoms. The third-order valence-corrected chi connectivity index (χ3v) is 7.86. The van der Waals surface area contributed by atoms with Crippen LogP contribution in [-0.2, 0) is 10.0 Å². The lowest BCUT2D eigenvalue weighted by Gasteiger charge is -2.23. The number of carbonyl (C=O) groups is 1. The van der Waals surface area contributed by atoms with E-state index in [0.717, 1.165) is 16.9 Å². The number of hydrogen-bond acceptors (Lipinski definition) is 7. The quantitative estimate of drug-likeness (QED) is 0.598. The van der Waals surface area contributed by atoms with Crippen LogP contribution in [0.25, 0.3) is 0 Å². The fraction of sp³-hybridized carbons (Fsp3) is 0.261. The first kappa shape index (κ1) is 22.8. The molecule has 0 spiro atoms. The van der Waals surface area contributed by atoms with Crippen molar-refractivity contribution < 1.29 is 13.2 Å². The van der Waals surface area contributed by atoms with E-state index in [4.69, 9.17) is 0 Å². The minimum Gasteiger partial charge on any atom is -0.354 e. The zero-order valence-corrected chi connectivity index (χ0v) is 19.7. The maximum atomic E-state index is 13.3. The Morgan fingerprint density at radius 2 is 1.91 bits per heavy atom. The van der Waals surface area contributed by atoms with Crippen molar-refractivity contribution in [3.63, 3.8) is 0 Å². The lowest BCUT2D eigenvalue weighted by molar-refractivity contribution is 0.0768. The van der Waals surface area contributed by atoms with Gasteiger partial charge in [-0.2, -0.15) is 5.26 Å². The Kier molecular flexibility index (Phi) is 6.62. The van der Waals surface area contributed by atoms with Gasteiger partial charge in [0.25, 0.3) is 15.9 Å². The number of amides is 1. The van der Waals surface area contributed by atoms with Gasteiger partial charge in [0, 0.05) is 38.1 Å². The van der Waals surface area contributed by atoms with Crippen molar-refractivity contribution in [3.05, 3.63) is 70.0 Å². The fourth-order valence-electron chi connectivity index (χ4n) is 3.71. The second-order valence-corrected chi connectivity index (χ2v) is 10.3. The lowest BCUT2D eigenvalue weighted by Crippen LogP contribution is -2.36. The molecular formula is C23H23N5O3S2. The summed E-state index contributed by atoms with van der Waals surface area (Å²) in [5.74, 6) is 0.300. The van der Waals surface area contributed by atoms with Crippen molar-refractivity contribution in [2.45, 2.75) is 18.2 Å². The number of aromatic nitrogens is 1. The van der Waals surface area contributed by atoms with Gasteiger partial charge in [0.1, 0.15) is 21.7 Å². The van der Waals surface area contributed by atoms with E-state index in [1.165, 1.54) is 6.07 Å². The lowest BCUT2D eigenvalue weighted by atomic mass is 10.2. The number of thiophene rings is 1. The van der Waals surface area contributed by atoms with Crippen LogP contribution in [0.1, 0.15) is 27.2 Å². The molecule has 1 fully saturated rings. The van der Waals surface area contributed by atoms with Gasteiger partial charge in [-0.15, -0.1) is 11.3 Å². The molecule has 4 rings (SSSR count). The SMILES string of the molecule is Cc1ccc(NS(=O)(=O)c2ccsc2C(=O)N2CCCN(c3ncccc3C#N)CC2)cc1. The summed E-state index contributed by atoms with van der Waals surface area (Å²) in [6, 6.07) is 14.1. The Hall–Kier alpha value is -3.42. The number of anilines is 2. The summed E-state index contributed by atoms with van der Waals surface area (Å²) in [7, 11) is -3.91. The third kappa shape index (κ3) is 4.99. The number of aryl methyl sites for hydroxylation is 1. The van der Waals surface area contributed by atoms with Gasteiger partial charge in [0.2, 0.25) is 0 Å². The summed E-state index contributed by atoms with van der Waals surface area (Å²) in [5.41, 5.74) is 1.96. The van der Waals surface area contributed by atoms with Gasteiger partial charge in [-0.1, -0.05) is 17.7 Å². The first-order valence-corrected chi connectivity index (χ1v) is 12.8. The summed E-state index contributed by atoms with van der Waals surface area (Å²) < 4.78 is 28.6. The van der Waals surface area contributed by atoms with Crippen LogP contribution < -0.4 is 9.62 Å². The number of benzene rings is 1. The molecule has 10 heteroatoms.